The van der Waals surface area contributed by atoms with E-state index in [1.54, 1.807) is 30.5 Å². The molecule has 0 fully saturated rings. The van der Waals surface area contributed by atoms with E-state index in [1.807, 2.05) is 6.92 Å². The molecule has 0 aliphatic heterocycles. The zero-order valence-electron chi connectivity index (χ0n) is 9.45. The van der Waals surface area contributed by atoms with Crippen LogP contribution >= 0.6 is 0 Å². The molecular formula is C12H8N3O3. The number of hydrogen-bond acceptors (Lipinski definition) is 5. The van der Waals surface area contributed by atoms with Crippen molar-refractivity contribution in [1.82, 2.24) is 10.1 Å². The first-order valence-electron chi connectivity index (χ1n) is 5.25. The fourth-order valence-corrected chi connectivity index (χ4v) is 1.58. The minimum atomic E-state index is 0.297. The first kappa shape index (κ1) is 10.5. The summed E-state index contributed by atoms with van der Waals surface area (Å²) in [5.74, 6) is 0.920. The molecule has 0 aliphatic carbocycles. The minimum Gasteiger partial charge on any atom is -0.450 e. The number of aromatic nitrogens is 3. The minimum absolute atomic E-state index is 0.297. The Morgan fingerprint density at radius 2 is 2.33 bits per heavy atom. The Kier molecular flexibility index (Phi) is 2.33. The average molecular weight is 242 g/mol. The van der Waals surface area contributed by atoms with Crippen molar-refractivity contribution >= 4 is 11.0 Å². The van der Waals surface area contributed by atoms with Gasteiger partial charge >= 0.3 is 0 Å². The summed E-state index contributed by atoms with van der Waals surface area (Å²) in [7, 11) is 0. The van der Waals surface area contributed by atoms with Crippen LogP contribution < -0.4 is 9.64 Å². The summed E-state index contributed by atoms with van der Waals surface area (Å²) in [5.41, 5.74) is 1.36. The lowest BCUT2D eigenvalue weighted by atomic mass is 10.3. The van der Waals surface area contributed by atoms with Gasteiger partial charge in [-0.25, -0.2) is 0 Å². The van der Waals surface area contributed by atoms with Gasteiger partial charge in [0, 0.05) is 12.3 Å². The van der Waals surface area contributed by atoms with Crippen LogP contribution in [0.1, 0.15) is 5.69 Å². The summed E-state index contributed by atoms with van der Waals surface area (Å²) < 4.78 is 10.2. The first-order valence-corrected chi connectivity index (χ1v) is 5.25. The third-order valence-electron chi connectivity index (χ3n) is 2.49. The van der Waals surface area contributed by atoms with E-state index in [0.29, 0.717) is 27.4 Å². The highest BCUT2D eigenvalue weighted by Crippen LogP contribution is 2.27. The molecule has 2 heterocycles. The summed E-state index contributed by atoms with van der Waals surface area (Å²) in [6.45, 7) is 1.83. The number of rotatable bonds is 2. The quantitative estimate of drug-likeness (QED) is 0.640. The monoisotopic (exact) mass is 242 g/mol. The van der Waals surface area contributed by atoms with E-state index >= 15 is 0 Å². The van der Waals surface area contributed by atoms with Crippen molar-refractivity contribution in [1.29, 1.82) is 0 Å². The molecule has 0 N–H and O–H groups in total. The van der Waals surface area contributed by atoms with Crippen molar-refractivity contribution in [3.8, 4) is 11.5 Å². The molecule has 0 spiro atoms. The fraction of sp³-hybridized carbons (Fsp3) is 0.0833. The van der Waals surface area contributed by atoms with Crippen molar-refractivity contribution in [2.75, 3.05) is 0 Å². The predicted molar refractivity (Wildman–Crippen MR) is 60.9 cm³/mol. The highest BCUT2D eigenvalue weighted by molar-refractivity contribution is 5.77. The molecule has 3 rings (SSSR count). The molecule has 3 aromatic rings. The third-order valence-corrected chi connectivity index (χ3v) is 2.49. The van der Waals surface area contributed by atoms with Gasteiger partial charge in [0.25, 0.3) is 5.52 Å². The lowest BCUT2D eigenvalue weighted by Crippen LogP contribution is -2.22. The van der Waals surface area contributed by atoms with E-state index in [9.17, 15) is 5.21 Å². The molecule has 6 heteroatoms. The van der Waals surface area contributed by atoms with E-state index in [2.05, 4.69) is 20.8 Å². The van der Waals surface area contributed by atoms with Crippen LogP contribution in [0.5, 0.6) is 11.5 Å². The molecule has 2 aromatic heterocycles. The van der Waals surface area contributed by atoms with Gasteiger partial charge in [-0.15, -0.1) is 0 Å². The average Bonchev–Trinajstić information content (AvgIpc) is 2.76. The van der Waals surface area contributed by atoms with Gasteiger partial charge in [-0.1, -0.05) is 0 Å². The van der Waals surface area contributed by atoms with Crippen LogP contribution in [0.2, 0.25) is 0 Å². The number of hydrogen-bond donors (Lipinski definition) is 0. The molecule has 0 atom stereocenters. The molecule has 1 radical (unpaired) electrons. The van der Waals surface area contributed by atoms with E-state index in [4.69, 9.17) is 4.74 Å². The third kappa shape index (κ3) is 1.64. The first-order chi connectivity index (χ1) is 8.75. The Balaban J connectivity index is 2.08. The van der Waals surface area contributed by atoms with Gasteiger partial charge < -0.3 is 9.94 Å². The van der Waals surface area contributed by atoms with Crippen LogP contribution in [0.15, 0.2) is 35.1 Å². The van der Waals surface area contributed by atoms with Crippen LogP contribution in [0.3, 0.4) is 0 Å². The smallest absolute Gasteiger partial charge is 0.291 e. The highest BCUT2D eigenvalue weighted by atomic mass is 16.8. The van der Waals surface area contributed by atoms with Gasteiger partial charge in [0.05, 0.1) is 10.9 Å². The second-order valence-corrected chi connectivity index (χ2v) is 3.66. The number of aryl methyl sites for hydroxylation is 1. The maximum atomic E-state index is 11.3. The van der Waals surface area contributed by atoms with Gasteiger partial charge in [0.1, 0.15) is 5.75 Å². The van der Waals surface area contributed by atoms with Crippen LogP contribution in [0, 0.1) is 18.2 Å². The molecule has 6 nitrogen and oxygen atoms in total. The summed E-state index contributed by atoms with van der Waals surface area (Å²) in [6, 6.07) is 9.55. The van der Waals surface area contributed by atoms with Gasteiger partial charge in [0.15, 0.2) is 5.75 Å². The van der Waals surface area contributed by atoms with Crippen LogP contribution in [-0.4, -0.2) is 10.1 Å². The molecule has 0 unspecified atom stereocenters. The van der Waals surface area contributed by atoms with Gasteiger partial charge in [-0.3, -0.25) is 9.61 Å². The van der Waals surface area contributed by atoms with Gasteiger partial charge in [-0.05, 0) is 36.1 Å². The molecule has 89 valence electrons. The highest BCUT2D eigenvalue weighted by Gasteiger charge is 2.16. The second kappa shape index (κ2) is 3.99. The molecule has 0 amide bonds. The van der Waals surface area contributed by atoms with E-state index in [1.165, 1.54) is 0 Å². The maximum Gasteiger partial charge on any atom is 0.291 e. The van der Waals surface area contributed by atoms with Crippen LogP contribution in [-0.2, 0) is 0 Å². The van der Waals surface area contributed by atoms with Gasteiger partial charge in [0.2, 0.25) is 5.52 Å². The molecule has 0 aliphatic rings. The van der Waals surface area contributed by atoms with Crippen LogP contribution in [0.4, 0.5) is 0 Å². The lowest BCUT2D eigenvalue weighted by molar-refractivity contribution is -0.782. The zero-order valence-corrected chi connectivity index (χ0v) is 9.45. The SMILES string of the molecule is Cc1ncccc1Oc1[c]ccc2c1no[n+]2[O-]. The second-order valence-electron chi connectivity index (χ2n) is 3.66. The molecule has 18 heavy (non-hydrogen) atoms. The molecule has 0 saturated carbocycles. The van der Waals surface area contributed by atoms with E-state index in [0.717, 1.165) is 5.69 Å². The zero-order chi connectivity index (χ0) is 12.5. The van der Waals surface area contributed by atoms with E-state index < -0.39 is 0 Å². The fourth-order valence-electron chi connectivity index (χ4n) is 1.58. The number of pyridine rings is 1. The maximum absolute atomic E-state index is 11.3. The Labute approximate surface area is 102 Å². The lowest BCUT2D eigenvalue weighted by Gasteiger charge is -2.05. The summed E-state index contributed by atoms with van der Waals surface area (Å²) >= 11 is 0. The molecule has 0 saturated heterocycles. The van der Waals surface area contributed by atoms with Gasteiger partial charge in [-0.2, -0.15) is 0 Å². The summed E-state index contributed by atoms with van der Waals surface area (Å²) in [6.07, 6.45) is 1.67. The van der Waals surface area contributed by atoms with E-state index in [-0.39, 0.29) is 0 Å². The number of fused-ring (bicyclic) bond motifs is 1. The van der Waals surface area contributed by atoms with Crippen LogP contribution in [0.25, 0.3) is 11.0 Å². The standard InChI is InChI=1S/C12H8N3O3/c1-8-10(6-3-7-13-8)17-11-5-2-4-9-12(11)14-18-15(9)16/h2-4,6-7H,1H3. The summed E-state index contributed by atoms with van der Waals surface area (Å²) in [4.78, 5) is 4.44. The predicted octanol–water partition coefficient (Wildman–Crippen LogP) is 1.76. The Hall–Kier alpha value is -2.63. The molecular weight excluding hydrogens is 234 g/mol. The van der Waals surface area contributed by atoms with Crippen molar-refractivity contribution < 1.29 is 14.3 Å². The Bertz CT molecular complexity index is 709. The summed E-state index contributed by atoms with van der Waals surface area (Å²) in [5, 5.41) is 14.9. The molecule has 1 aromatic carbocycles. The number of ether oxygens (including phenoxy) is 1. The number of nitrogens with zero attached hydrogens (tertiary/aromatic N) is 3. The van der Waals surface area contributed by atoms with Crippen molar-refractivity contribution in [2.45, 2.75) is 6.92 Å². The molecule has 0 bridgehead atoms. The Morgan fingerprint density at radius 1 is 1.44 bits per heavy atom. The number of benzene rings is 1. The topological polar surface area (TPSA) is 75.1 Å². The Morgan fingerprint density at radius 3 is 3.17 bits per heavy atom. The van der Waals surface area contributed by atoms with Crippen molar-refractivity contribution in [2.24, 2.45) is 0 Å². The normalized spacial score (nSPS) is 10.7. The largest absolute Gasteiger partial charge is 0.450 e. The van der Waals surface area contributed by atoms with Crippen molar-refractivity contribution in [3.63, 3.8) is 0 Å². The van der Waals surface area contributed by atoms with Crippen molar-refractivity contribution in [3.05, 3.63) is 47.4 Å².